The zero-order valence-electron chi connectivity index (χ0n) is 16.9. The molecule has 1 aromatic carbocycles. The molecule has 0 spiro atoms. The fourth-order valence-electron chi connectivity index (χ4n) is 4.68. The van der Waals surface area contributed by atoms with Crippen molar-refractivity contribution < 1.29 is 10.2 Å². The first kappa shape index (κ1) is 19.6. The molecule has 0 radical (unpaired) electrons. The van der Waals surface area contributed by atoms with Gasteiger partial charge >= 0.3 is 0 Å². The molecule has 2 atom stereocenters. The second kappa shape index (κ2) is 8.33. The highest BCUT2D eigenvalue weighted by atomic mass is 16.3. The summed E-state index contributed by atoms with van der Waals surface area (Å²) < 4.78 is 0. The minimum atomic E-state index is -0.347. The summed E-state index contributed by atoms with van der Waals surface area (Å²) in [5.41, 5.74) is 5.95. The highest BCUT2D eigenvalue weighted by molar-refractivity contribution is 5.67. The van der Waals surface area contributed by atoms with E-state index in [-0.39, 0.29) is 18.2 Å². The number of rotatable bonds is 4. The van der Waals surface area contributed by atoms with Crippen LogP contribution in [-0.4, -0.2) is 74.6 Å². The van der Waals surface area contributed by atoms with Gasteiger partial charge in [0.25, 0.3) is 0 Å². The van der Waals surface area contributed by atoms with E-state index in [9.17, 15) is 10.2 Å². The van der Waals surface area contributed by atoms with Crippen molar-refractivity contribution in [2.24, 2.45) is 0 Å². The van der Waals surface area contributed by atoms with Gasteiger partial charge in [0, 0.05) is 49.9 Å². The number of aromatic amines is 1. The molecule has 6 heteroatoms. The van der Waals surface area contributed by atoms with E-state index in [4.69, 9.17) is 0 Å². The Labute approximate surface area is 167 Å². The smallest absolute Gasteiger partial charge is 0.0822 e. The molecule has 3 heterocycles. The van der Waals surface area contributed by atoms with Gasteiger partial charge in [0.15, 0.2) is 0 Å². The van der Waals surface area contributed by atoms with E-state index in [1.807, 2.05) is 6.20 Å². The summed E-state index contributed by atoms with van der Waals surface area (Å²) in [6.45, 7) is 8.47. The molecule has 3 N–H and O–H groups in total. The summed E-state index contributed by atoms with van der Waals surface area (Å²) in [7, 11) is 0. The number of likely N-dealkylation sites (tertiary alicyclic amines) is 2. The summed E-state index contributed by atoms with van der Waals surface area (Å²) in [5.74, 6) is 0. The molecule has 1 aromatic heterocycles. The lowest BCUT2D eigenvalue weighted by Crippen LogP contribution is -2.55. The average molecular weight is 385 g/mol. The summed E-state index contributed by atoms with van der Waals surface area (Å²) in [6.07, 6.45) is 4.01. The lowest BCUT2D eigenvalue weighted by Gasteiger charge is -2.43. The standard InChI is InChI=1S/C22H32N4O2/c1-15-3-4-16(2)19(11-15)22-17(12-23-24-22)13-25-8-7-20(21(28)14-25)26-9-5-18(27)6-10-26/h3-4,11-12,18,20-21,27-28H,5-10,13-14H2,1-2H3,(H,23,24)/t20-,21-/m1/s1. The minimum absolute atomic E-state index is 0.168. The van der Waals surface area contributed by atoms with Gasteiger partial charge in [0.1, 0.15) is 0 Å². The fourth-order valence-corrected chi connectivity index (χ4v) is 4.68. The number of piperidine rings is 2. The van der Waals surface area contributed by atoms with E-state index in [1.165, 1.54) is 22.3 Å². The lowest BCUT2D eigenvalue weighted by atomic mass is 9.96. The molecule has 0 unspecified atom stereocenters. The number of aromatic nitrogens is 2. The van der Waals surface area contributed by atoms with Gasteiger partial charge in [-0.2, -0.15) is 5.10 Å². The predicted octanol–water partition coefficient (Wildman–Crippen LogP) is 2.09. The molecule has 0 amide bonds. The molecule has 0 bridgehead atoms. The van der Waals surface area contributed by atoms with Crippen LogP contribution in [0.25, 0.3) is 11.3 Å². The summed E-state index contributed by atoms with van der Waals surface area (Å²) in [4.78, 5) is 4.70. The maximum atomic E-state index is 10.8. The third-order valence-corrected chi connectivity index (χ3v) is 6.37. The molecule has 152 valence electrons. The molecule has 28 heavy (non-hydrogen) atoms. The molecule has 0 saturated carbocycles. The minimum Gasteiger partial charge on any atom is -0.393 e. The maximum absolute atomic E-state index is 10.8. The van der Waals surface area contributed by atoms with Crippen LogP contribution in [0.1, 0.15) is 36.0 Å². The Morgan fingerprint density at radius 1 is 1.11 bits per heavy atom. The van der Waals surface area contributed by atoms with Crippen molar-refractivity contribution >= 4 is 0 Å². The van der Waals surface area contributed by atoms with Crippen molar-refractivity contribution in [2.75, 3.05) is 26.2 Å². The fraction of sp³-hybridized carbons (Fsp3) is 0.591. The van der Waals surface area contributed by atoms with Gasteiger partial charge in [-0.1, -0.05) is 17.7 Å². The van der Waals surface area contributed by atoms with Gasteiger partial charge in [-0.25, -0.2) is 0 Å². The van der Waals surface area contributed by atoms with E-state index in [0.717, 1.165) is 51.1 Å². The Morgan fingerprint density at radius 3 is 2.64 bits per heavy atom. The second-order valence-corrected chi connectivity index (χ2v) is 8.51. The van der Waals surface area contributed by atoms with E-state index in [2.05, 4.69) is 52.0 Å². The van der Waals surface area contributed by atoms with Crippen molar-refractivity contribution in [1.82, 2.24) is 20.0 Å². The quantitative estimate of drug-likeness (QED) is 0.753. The van der Waals surface area contributed by atoms with Crippen molar-refractivity contribution in [2.45, 2.75) is 57.9 Å². The van der Waals surface area contributed by atoms with Crippen LogP contribution in [0.15, 0.2) is 24.4 Å². The number of hydrogen-bond donors (Lipinski definition) is 3. The van der Waals surface area contributed by atoms with Crippen LogP contribution in [0.3, 0.4) is 0 Å². The number of H-pyrrole nitrogens is 1. The van der Waals surface area contributed by atoms with Crippen LogP contribution in [0, 0.1) is 13.8 Å². The van der Waals surface area contributed by atoms with Crippen molar-refractivity contribution in [1.29, 1.82) is 0 Å². The topological polar surface area (TPSA) is 75.6 Å². The second-order valence-electron chi connectivity index (χ2n) is 8.51. The Kier molecular flexibility index (Phi) is 5.83. The molecule has 2 fully saturated rings. The van der Waals surface area contributed by atoms with Gasteiger partial charge in [0.2, 0.25) is 0 Å². The zero-order valence-corrected chi connectivity index (χ0v) is 16.9. The molecule has 2 aromatic rings. The number of nitrogens with one attached hydrogen (secondary N) is 1. The number of aliphatic hydroxyl groups is 2. The lowest BCUT2D eigenvalue weighted by molar-refractivity contribution is -0.0355. The van der Waals surface area contributed by atoms with Gasteiger partial charge < -0.3 is 10.2 Å². The summed E-state index contributed by atoms with van der Waals surface area (Å²) in [5, 5.41) is 28.0. The molecule has 0 aliphatic carbocycles. The number of aryl methyl sites for hydroxylation is 2. The van der Waals surface area contributed by atoms with Gasteiger partial charge in [0.05, 0.1) is 24.1 Å². The number of aliphatic hydroxyl groups excluding tert-OH is 2. The Balaban J connectivity index is 1.42. The van der Waals surface area contributed by atoms with Crippen LogP contribution in [-0.2, 0) is 6.54 Å². The van der Waals surface area contributed by atoms with E-state index in [0.29, 0.717) is 6.54 Å². The zero-order chi connectivity index (χ0) is 19.7. The maximum Gasteiger partial charge on any atom is 0.0822 e. The monoisotopic (exact) mass is 384 g/mol. The molecule has 2 aliphatic heterocycles. The average Bonchev–Trinajstić information content (AvgIpc) is 3.13. The van der Waals surface area contributed by atoms with Crippen LogP contribution in [0.4, 0.5) is 0 Å². The number of hydrogen-bond acceptors (Lipinski definition) is 5. The number of nitrogens with zero attached hydrogens (tertiary/aromatic N) is 3. The largest absolute Gasteiger partial charge is 0.393 e. The highest BCUT2D eigenvalue weighted by Gasteiger charge is 2.34. The molecule has 2 saturated heterocycles. The Hall–Kier alpha value is -1.73. The molecular weight excluding hydrogens is 352 g/mol. The van der Waals surface area contributed by atoms with Crippen LogP contribution in [0.2, 0.25) is 0 Å². The molecule has 4 rings (SSSR count). The van der Waals surface area contributed by atoms with E-state index < -0.39 is 0 Å². The molecule has 6 nitrogen and oxygen atoms in total. The first-order valence-electron chi connectivity index (χ1n) is 10.4. The Morgan fingerprint density at radius 2 is 1.89 bits per heavy atom. The number of benzene rings is 1. The summed E-state index contributed by atoms with van der Waals surface area (Å²) in [6, 6.07) is 6.71. The number of β-amino-alcohol motifs (C(OH)–C–C–N with tert-alkyl or cyclic N) is 1. The molecular formula is C22H32N4O2. The third kappa shape index (κ3) is 4.15. The van der Waals surface area contributed by atoms with Crippen molar-refractivity contribution in [3.63, 3.8) is 0 Å². The van der Waals surface area contributed by atoms with Gasteiger partial charge in [-0.05, 0) is 44.7 Å². The summed E-state index contributed by atoms with van der Waals surface area (Å²) >= 11 is 0. The third-order valence-electron chi connectivity index (χ3n) is 6.37. The van der Waals surface area contributed by atoms with Crippen molar-refractivity contribution in [3.8, 4) is 11.3 Å². The Bertz CT molecular complexity index is 798. The van der Waals surface area contributed by atoms with Crippen LogP contribution in [0.5, 0.6) is 0 Å². The van der Waals surface area contributed by atoms with Gasteiger partial charge in [-0.3, -0.25) is 14.9 Å². The highest BCUT2D eigenvalue weighted by Crippen LogP contribution is 2.28. The van der Waals surface area contributed by atoms with E-state index in [1.54, 1.807) is 0 Å². The van der Waals surface area contributed by atoms with E-state index >= 15 is 0 Å². The van der Waals surface area contributed by atoms with Crippen molar-refractivity contribution in [3.05, 3.63) is 41.1 Å². The molecule has 2 aliphatic rings. The van der Waals surface area contributed by atoms with Crippen LogP contribution >= 0.6 is 0 Å². The van der Waals surface area contributed by atoms with Crippen LogP contribution < -0.4 is 0 Å². The normalized spacial score (nSPS) is 25.3. The predicted molar refractivity (Wildman–Crippen MR) is 110 cm³/mol. The SMILES string of the molecule is Cc1ccc(C)c(-c2[nH]ncc2CN2CC[C@@H](N3CCC(O)CC3)[C@H](O)C2)c1. The van der Waals surface area contributed by atoms with Gasteiger partial charge in [-0.15, -0.1) is 0 Å². The first-order chi connectivity index (χ1) is 13.5. The first-order valence-corrected chi connectivity index (χ1v) is 10.4.